The summed E-state index contributed by atoms with van der Waals surface area (Å²) < 4.78 is 2.15. The molecule has 0 heterocycles. The van der Waals surface area contributed by atoms with Crippen molar-refractivity contribution in [2.45, 2.75) is 0 Å². The average molecular weight is 429 g/mol. The summed E-state index contributed by atoms with van der Waals surface area (Å²) in [6, 6.07) is 24.7. The molecule has 3 rings (SSSR count). The van der Waals surface area contributed by atoms with Crippen LogP contribution in [-0.4, -0.2) is 0 Å². The molecule has 114 valence electrons. The van der Waals surface area contributed by atoms with Crippen molar-refractivity contribution in [1.29, 1.82) is 0 Å². The Kier molecular flexibility index (Phi) is 5.31. The van der Waals surface area contributed by atoms with E-state index >= 15 is 0 Å². The summed E-state index contributed by atoms with van der Waals surface area (Å²) >= 11 is 7.07. The van der Waals surface area contributed by atoms with E-state index in [1.807, 2.05) is 30.3 Å². The Morgan fingerprint density at radius 3 is 2.13 bits per heavy atom. The first-order chi connectivity index (χ1) is 11.2. The first kappa shape index (κ1) is 16.0. The van der Waals surface area contributed by atoms with E-state index < -0.39 is 0 Å². The van der Waals surface area contributed by atoms with Gasteiger partial charge in [0.15, 0.2) is 0 Å². The van der Waals surface area contributed by atoms with Crippen molar-refractivity contribution < 1.29 is 0 Å². The van der Waals surface area contributed by atoms with E-state index in [1.165, 1.54) is 0 Å². The second-order valence-corrected chi connectivity index (χ2v) is 6.88. The van der Waals surface area contributed by atoms with Crippen LogP contribution in [0.2, 0.25) is 0 Å². The Morgan fingerprint density at radius 2 is 1.39 bits per heavy atom. The van der Waals surface area contributed by atoms with Crippen molar-refractivity contribution in [2.24, 2.45) is 0 Å². The molecule has 0 aliphatic heterocycles. The molecular weight excluding hydrogens is 414 g/mol. The first-order valence-corrected chi connectivity index (χ1v) is 8.84. The molecule has 3 aromatic carbocycles. The van der Waals surface area contributed by atoms with Crippen molar-refractivity contribution >= 4 is 55.4 Å². The highest BCUT2D eigenvalue weighted by Gasteiger charge is 1.97. The largest absolute Gasteiger partial charge is 0.356 e. The number of nitrogens with one attached hydrogen (secondary N) is 1. The van der Waals surface area contributed by atoms with Crippen LogP contribution < -0.4 is 5.32 Å². The molecule has 0 saturated carbocycles. The highest BCUT2D eigenvalue weighted by Crippen LogP contribution is 2.24. The van der Waals surface area contributed by atoms with Gasteiger partial charge in [-0.2, -0.15) is 0 Å². The van der Waals surface area contributed by atoms with E-state index in [-0.39, 0.29) is 0 Å². The average Bonchev–Trinajstić information content (AvgIpc) is 2.58. The van der Waals surface area contributed by atoms with E-state index in [2.05, 4.69) is 91.8 Å². The molecule has 1 N–H and O–H groups in total. The summed E-state index contributed by atoms with van der Waals surface area (Å²) in [5.74, 6) is 0. The molecule has 1 nitrogen and oxygen atoms in total. The lowest BCUT2D eigenvalue weighted by molar-refractivity contribution is 1.54. The van der Waals surface area contributed by atoms with Gasteiger partial charge in [0.1, 0.15) is 0 Å². The molecular formula is C20H15Br2N. The maximum absolute atomic E-state index is 3.57. The number of benzene rings is 3. The molecule has 0 fully saturated rings. The Bertz CT molecular complexity index is 809. The molecule has 0 bridgehead atoms. The van der Waals surface area contributed by atoms with E-state index in [9.17, 15) is 0 Å². The normalized spacial score (nSPS) is 10.9. The van der Waals surface area contributed by atoms with Gasteiger partial charge in [-0.15, -0.1) is 0 Å². The molecule has 3 heteroatoms. The monoisotopic (exact) mass is 427 g/mol. The molecule has 0 aliphatic carbocycles. The van der Waals surface area contributed by atoms with Crippen molar-refractivity contribution in [1.82, 2.24) is 0 Å². The zero-order valence-corrected chi connectivity index (χ0v) is 15.5. The highest BCUT2D eigenvalue weighted by molar-refractivity contribution is 9.11. The van der Waals surface area contributed by atoms with Gasteiger partial charge in [-0.05, 0) is 53.6 Å². The second-order valence-electron chi connectivity index (χ2n) is 5.11. The van der Waals surface area contributed by atoms with Crippen LogP contribution in [0.15, 0.2) is 81.7 Å². The van der Waals surface area contributed by atoms with Crippen LogP contribution in [0.5, 0.6) is 0 Å². The molecule has 0 atom stereocenters. The lowest BCUT2D eigenvalue weighted by atomic mass is 10.1. The molecule has 0 aliphatic rings. The van der Waals surface area contributed by atoms with Crippen LogP contribution in [0.25, 0.3) is 12.2 Å². The Balaban J connectivity index is 1.72. The molecule has 0 unspecified atom stereocenters. The third-order valence-electron chi connectivity index (χ3n) is 3.39. The zero-order valence-electron chi connectivity index (χ0n) is 12.3. The topological polar surface area (TPSA) is 12.0 Å². The third kappa shape index (κ3) is 4.57. The molecule has 0 spiro atoms. The smallest absolute Gasteiger partial charge is 0.0384 e. The Labute approximate surface area is 153 Å². The molecule has 23 heavy (non-hydrogen) atoms. The van der Waals surface area contributed by atoms with Gasteiger partial charge in [0.2, 0.25) is 0 Å². The van der Waals surface area contributed by atoms with Gasteiger partial charge in [0, 0.05) is 20.3 Å². The van der Waals surface area contributed by atoms with Crippen LogP contribution in [0.1, 0.15) is 11.1 Å². The van der Waals surface area contributed by atoms with Gasteiger partial charge in [0.25, 0.3) is 0 Å². The lowest BCUT2D eigenvalue weighted by Crippen LogP contribution is -1.89. The second kappa shape index (κ2) is 7.62. The molecule has 0 aromatic heterocycles. The Morgan fingerprint density at radius 1 is 0.696 bits per heavy atom. The number of para-hydroxylation sites is 1. The van der Waals surface area contributed by atoms with Crippen LogP contribution >= 0.6 is 31.9 Å². The van der Waals surface area contributed by atoms with Crippen LogP contribution in [0.4, 0.5) is 11.4 Å². The molecule has 0 radical (unpaired) electrons. The summed E-state index contributed by atoms with van der Waals surface area (Å²) in [7, 11) is 0. The van der Waals surface area contributed by atoms with Gasteiger partial charge in [-0.25, -0.2) is 0 Å². The van der Waals surface area contributed by atoms with Gasteiger partial charge < -0.3 is 5.32 Å². The van der Waals surface area contributed by atoms with Gasteiger partial charge in [-0.3, -0.25) is 0 Å². The van der Waals surface area contributed by atoms with Gasteiger partial charge in [0.05, 0.1) is 0 Å². The number of hydrogen-bond acceptors (Lipinski definition) is 1. The van der Waals surface area contributed by atoms with Gasteiger partial charge in [-0.1, -0.05) is 74.3 Å². The fourth-order valence-electron chi connectivity index (χ4n) is 2.19. The summed E-state index contributed by atoms with van der Waals surface area (Å²) in [5, 5.41) is 3.38. The van der Waals surface area contributed by atoms with Crippen molar-refractivity contribution in [3.8, 4) is 0 Å². The van der Waals surface area contributed by atoms with Crippen molar-refractivity contribution in [2.75, 3.05) is 5.32 Å². The predicted octanol–water partition coefficient (Wildman–Crippen LogP) is 7.13. The minimum atomic E-state index is 1.07. The molecule has 0 saturated heterocycles. The number of hydrogen-bond donors (Lipinski definition) is 1. The molecule has 3 aromatic rings. The number of anilines is 2. The zero-order chi connectivity index (χ0) is 16.1. The summed E-state index contributed by atoms with van der Waals surface area (Å²) in [6.45, 7) is 0. The van der Waals surface area contributed by atoms with Crippen LogP contribution in [0.3, 0.4) is 0 Å². The minimum absolute atomic E-state index is 1.07. The maximum atomic E-state index is 3.57. The number of halogens is 2. The standard InChI is InChI=1S/C20H15Br2N/c21-17-10-13-20(22)16(14-17)9-6-15-7-11-19(12-8-15)23-18-4-2-1-3-5-18/h1-14,23H. The first-order valence-electron chi connectivity index (χ1n) is 7.26. The quantitative estimate of drug-likeness (QED) is 0.436. The van der Waals surface area contributed by atoms with Gasteiger partial charge >= 0.3 is 0 Å². The maximum Gasteiger partial charge on any atom is 0.0384 e. The Hall–Kier alpha value is -1.84. The van der Waals surface area contributed by atoms with E-state index in [0.29, 0.717) is 0 Å². The summed E-state index contributed by atoms with van der Waals surface area (Å²) in [4.78, 5) is 0. The summed E-state index contributed by atoms with van der Waals surface area (Å²) in [6.07, 6.45) is 4.22. The van der Waals surface area contributed by atoms with E-state index in [1.54, 1.807) is 0 Å². The summed E-state index contributed by atoms with van der Waals surface area (Å²) in [5.41, 5.74) is 4.48. The lowest BCUT2D eigenvalue weighted by Gasteiger charge is -2.06. The van der Waals surface area contributed by atoms with E-state index in [0.717, 1.165) is 31.4 Å². The van der Waals surface area contributed by atoms with E-state index in [4.69, 9.17) is 0 Å². The van der Waals surface area contributed by atoms with Crippen LogP contribution in [0, 0.1) is 0 Å². The fraction of sp³-hybridized carbons (Fsp3) is 0. The fourth-order valence-corrected chi connectivity index (χ4v) is 2.95. The van der Waals surface area contributed by atoms with Crippen molar-refractivity contribution in [3.05, 3.63) is 92.9 Å². The predicted molar refractivity (Wildman–Crippen MR) is 107 cm³/mol. The molecule has 0 amide bonds. The third-order valence-corrected chi connectivity index (χ3v) is 4.60. The van der Waals surface area contributed by atoms with Crippen LogP contribution in [-0.2, 0) is 0 Å². The van der Waals surface area contributed by atoms with Crippen molar-refractivity contribution in [3.63, 3.8) is 0 Å². The number of rotatable bonds is 4. The highest BCUT2D eigenvalue weighted by atomic mass is 79.9. The SMILES string of the molecule is Brc1ccc(Br)c(C=Cc2ccc(Nc3ccccc3)cc2)c1. The minimum Gasteiger partial charge on any atom is -0.356 e.